The third-order valence-electron chi connectivity index (χ3n) is 0. The first-order valence-corrected chi connectivity index (χ1v) is 2.25. The fraction of sp³-hybridized carbons (Fsp3) is 0. The maximum absolute atomic E-state index is 10.4. The third kappa shape index (κ3) is 160. The van der Waals surface area contributed by atoms with Gasteiger partial charge in [-0.25, -0.2) is 4.57 Å². The predicted molar refractivity (Wildman–Crippen MR) is 13.2 cm³/mol. The molecule has 0 aromatic rings. The summed E-state index contributed by atoms with van der Waals surface area (Å²) in [7, 11) is -5.14. The van der Waals surface area contributed by atoms with Crippen molar-refractivity contribution in [1.82, 2.24) is 0 Å². The van der Waals surface area contributed by atoms with E-state index >= 15 is 0 Å². The zero-order valence-electron chi connectivity index (χ0n) is 2.54. The smallest absolute Gasteiger partial charge is 0.299 e. The van der Waals surface area contributed by atoms with Crippen molar-refractivity contribution in [3.8, 4) is 0 Å². The van der Waals surface area contributed by atoms with Crippen LogP contribution in [0.2, 0.25) is 0 Å². The van der Waals surface area contributed by atoms with Crippen LogP contribution in [0, 0.1) is 0 Å². The largest absolute Gasteiger partial charge is 0.507 e. The molecule has 0 aliphatic heterocycles. The predicted octanol–water partition coefficient (Wildman–Crippen LogP) is 0.0461. The Hall–Kier alpha value is 0.612. The van der Waals surface area contributed by atoms with Gasteiger partial charge in [0.2, 0.25) is 0 Å². The Balaban J connectivity index is 0. The quantitative estimate of drug-likeness (QED) is 0.482. The normalized spacial score (nSPS) is 9.83. The van der Waals surface area contributed by atoms with Gasteiger partial charge in [0.1, 0.15) is 0 Å². The summed E-state index contributed by atoms with van der Waals surface area (Å²) in [4.78, 5) is 13.9. The van der Waals surface area contributed by atoms with Crippen molar-refractivity contribution < 1.29 is 35.9 Å². The molecule has 0 radical (unpaired) electrons. The van der Waals surface area contributed by atoms with E-state index in [4.69, 9.17) is 14.4 Å². The zero-order valence-corrected chi connectivity index (χ0v) is 4.71. The van der Waals surface area contributed by atoms with Gasteiger partial charge in [-0.15, -0.1) is 4.20 Å². The second-order valence-corrected chi connectivity index (χ2v) is 1.42. The SMILES string of the molecule is O=P(O)(O)F.[Cr]. The van der Waals surface area contributed by atoms with Gasteiger partial charge in [0.05, 0.1) is 0 Å². The molecule has 0 saturated carbocycles. The standard InChI is InChI=1S/Cr.FH2O3P/c;1-5(2,3)4/h;(H2,2,3,4). The molecule has 0 fully saturated rings. The minimum absolute atomic E-state index is 0. The Morgan fingerprint density at radius 1 is 1.50 bits per heavy atom. The van der Waals surface area contributed by atoms with Crippen LogP contribution in [0.3, 0.4) is 0 Å². The summed E-state index contributed by atoms with van der Waals surface area (Å²) in [6.07, 6.45) is 0. The molecule has 0 unspecified atom stereocenters. The molecule has 3 nitrogen and oxygen atoms in total. The molecular formula is H2CrFO3P. The summed E-state index contributed by atoms with van der Waals surface area (Å²) in [6.45, 7) is 0. The fourth-order valence-electron chi connectivity index (χ4n) is 0. The average Bonchev–Trinajstić information content (AvgIpc) is 0.722. The van der Waals surface area contributed by atoms with Gasteiger partial charge < -0.3 is 0 Å². The Morgan fingerprint density at radius 2 is 1.50 bits per heavy atom. The zero-order chi connectivity index (χ0) is 4.50. The minimum atomic E-state index is -5.14. The van der Waals surface area contributed by atoms with Gasteiger partial charge in [-0.1, -0.05) is 0 Å². The molecule has 0 amide bonds. The number of rotatable bonds is 0. The molecule has 0 aliphatic rings. The van der Waals surface area contributed by atoms with Crippen LogP contribution >= 0.6 is 7.91 Å². The summed E-state index contributed by atoms with van der Waals surface area (Å²) >= 11 is 0. The van der Waals surface area contributed by atoms with Crippen molar-refractivity contribution in [1.29, 1.82) is 0 Å². The van der Waals surface area contributed by atoms with Crippen molar-refractivity contribution in [2.24, 2.45) is 0 Å². The molecule has 0 bridgehead atoms. The van der Waals surface area contributed by atoms with Crippen LogP contribution in [-0.2, 0) is 21.9 Å². The maximum Gasteiger partial charge on any atom is 0.507 e. The number of halogens is 1. The van der Waals surface area contributed by atoms with Crippen molar-refractivity contribution in [2.75, 3.05) is 0 Å². The Labute approximate surface area is 44.6 Å². The van der Waals surface area contributed by atoms with Gasteiger partial charge in [-0.3, -0.25) is 9.79 Å². The molecule has 2 N–H and O–H groups in total. The van der Waals surface area contributed by atoms with E-state index in [2.05, 4.69) is 0 Å². The van der Waals surface area contributed by atoms with Crippen LogP contribution in [0.25, 0.3) is 0 Å². The van der Waals surface area contributed by atoms with Crippen molar-refractivity contribution in [3.05, 3.63) is 0 Å². The average molecular weight is 152 g/mol. The molecule has 6 heteroatoms. The third-order valence-corrected chi connectivity index (χ3v) is 0. The number of hydrogen-bond acceptors (Lipinski definition) is 1. The van der Waals surface area contributed by atoms with Gasteiger partial charge in [0.15, 0.2) is 0 Å². The van der Waals surface area contributed by atoms with Crippen molar-refractivity contribution in [3.63, 3.8) is 0 Å². The van der Waals surface area contributed by atoms with Crippen LogP contribution in [0.4, 0.5) is 4.20 Å². The summed E-state index contributed by atoms with van der Waals surface area (Å²) in [6, 6.07) is 0. The second kappa shape index (κ2) is 2.73. The van der Waals surface area contributed by atoms with E-state index in [1.165, 1.54) is 0 Å². The van der Waals surface area contributed by atoms with Crippen LogP contribution in [0.15, 0.2) is 0 Å². The molecule has 38 valence electrons. The summed E-state index contributed by atoms with van der Waals surface area (Å²) < 4.78 is 19.0. The van der Waals surface area contributed by atoms with Gasteiger partial charge in [-0.05, 0) is 0 Å². The molecule has 0 saturated heterocycles. The first kappa shape index (κ1) is 9.79. The Bertz CT molecular complexity index is 56.9. The summed E-state index contributed by atoms with van der Waals surface area (Å²) in [5.41, 5.74) is 0. The van der Waals surface area contributed by atoms with E-state index in [1.807, 2.05) is 0 Å². The van der Waals surface area contributed by atoms with E-state index < -0.39 is 7.91 Å². The van der Waals surface area contributed by atoms with E-state index in [0.717, 1.165) is 0 Å². The fourth-order valence-corrected chi connectivity index (χ4v) is 0. The first-order chi connectivity index (χ1) is 2.00. The molecular weight excluding hydrogens is 150 g/mol. The molecule has 0 aromatic carbocycles. The monoisotopic (exact) mass is 152 g/mol. The minimum Gasteiger partial charge on any atom is -0.299 e. The molecule has 6 heavy (non-hydrogen) atoms. The van der Waals surface area contributed by atoms with Gasteiger partial charge in [-0.2, -0.15) is 0 Å². The van der Waals surface area contributed by atoms with Gasteiger partial charge in [0, 0.05) is 17.4 Å². The van der Waals surface area contributed by atoms with E-state index in [0.29, 0.717) is 0 Å². The maximum atomic E-state index is 10.4. The van der Waals surface area contributed by atoms with E-state index in [-0.39, 0.29) is 17.4 Å². The number of hydrogen-bond donors (Lipinski definition) is 2. The van der Waals surface area contributed by atoms with Gasteiger partial charge >= 0.3 is 7.91 Å². The second-order valence-electron chi connectivity index (χ2n) is 0.473. The topological polar surface area (TPSA) is 57.5 Å². The molecule has 0 aliphatic carbocycles. The van der Waals surface area contributed by atoms with Crippen LogP contribution in [0.5, 0.6) is 0 Å². The van der Waals surface area contributed by atoms with Crippen molar-refractivity contribution >= 4 is 7.91 Å². The van der Waals surface area contributed by atoms with Crippen LogP contribution in [-0.4, -0.2) is 9.79 Å². The van der Waals surface area contributed by atoms with Crippen molar-refractivity contribution in [2.45, 2.75) is 0 Å². The molecule has 0 rings (SSSR count). The molecule has 0 heterocycles. The van der Waals surface area contributed by atoms with Gasteiger partial charge in [0.25, 0.3) is 0 Å². The van der Waals surface area contributed by atoms with Crippen LogP contribution in [0.1, 0.15) is 0 Å². The Kier molecular flexibility index (Phi) is 4.46. The molecule has 0 atom stereocenters. The van der Waals surface area contributed by atoms with Crippen LogP contribution < -0.4 is 0 Å². The molecule has 0 aromatic heterocycles. The summed E-state index contributed by atoms with van der Waals surface area (Å²) in [5, 5.41) is 0. The first-order valence-electron chi connectivity index (χ1n) is 0.752. The van der Waals surface area contributed by atoms with E-state index in [9.17, 15) is 4.20 Å². The molecule has 0 spiro atoms. The van der Waals surface area contributed by atoms with E-state index in [1.54, 1.807) is 0 Å². The summed E-state index contributed by atoms with van der Waals surface area (Å²) in [5.74, 6) is 0. The Morgan fingerprint density at radius 3 is 1.50 bits per heavy atom.